The molecule has 1 heterocycles. The highest BCUT2D eigenvalue weighted by Crippen LogP contribution is 2.30. The molecule has 2 aromatic rings. The van der Waals surface area contributed by atoms with Gasteiger partial charge in [-0.1, -0.05) is 35.9 Å². The number of amides is 1. The second-order valence-electron chi connectivity index (χ2n) is 5.80. The Balaban J connectivity index is 0.000000316. The minimum Gasteiger partial charge on any atom is -0.453 e. The maximum atomic E-state index is 13.2. The Morgan fingerprint density at radius 3 is 2.44 bits per heavy atom. The molecular weight excluding hydrogens is 343 g/mol. The number of para-hydroxylation sites is 1. The molecule has 1 aliphatic rings. The first kappa shape index (κ1) is 19.2. The molecule has 1 fully saturated rings. The van der Waals surface area contributed by atoms with E-state index in [-0.39, 0.29) is 5.02 Å². The van der Waals surface area contributed by atoms with Crippen molar-refractivity contribution in [2.75, 3.05) is 32.6 Å². The van der Waals surface area contributed by atoms with Crippen LogP contribution in [0.15, 0.2) is 42.5 Å². The Morgan fingerprint density at radius 2 is 1.88 bits per heavy atom. The Bertz CT molecular complexity index is 718. The van der Waals surface area contributed by atoms with Gasteiger partial charge in [-0.05, 0) is 56.7 Å². The molecule has 0 radical (unpaired) electrons. The van der Waals surface area contributed by atoms with E-state index in [1.165, 1.54) is 45.2 Å². The summed E-state index contributed by atoms with van der Waals surface area (Å²) < 4.78 is 17.7. The lowest BCUT2D eigenvalue weighted by molar-refractivity contribution is 0.187. The van der Waals surface area contributed by atoms with Gasteiger partial charge >= 0.3 is 6.09 Å². The minimum absolute atomic E-state index is 0.0328. The summed E-state index contributed by atoms with van der Waals surface area (Å²) in [7, 11) is 3.46. The fourth-order valence-corrected chi connectivity index (χ4v) is 2.72. The molecule has 3 rings (SSSR count). The van der Waals surface area contributed by atoms with Crippen molar-refractivity contribution in [1.29, 1.82) is 0 Å². The van der Waals surface area contributed by atoms with Crippen LogP contribution in [-0.2, 0) is 4.74 Å². The average molecular weight is 365 g/mol. The molecule has 0 bridgehead atoms. The van der Waals surface area contributed by atoms with Crippen LogP contribution < -0.4 is 5.32 Å². The highest BCUT2D eigenvalue weighted by molar-refractivity contribution is 6.31. The summed E-state index contributed by atoms with van der Waals surface area (Å²) >= 11 is 5.76. The molecule has 0 unspecified atom stereocenters. The monoisotopic (exact) mass is 364 g/mol. The molecule has 0 atom stereocenters. The van der Waals surface area contributed by atoms with Gasteiger partial charge in [0.2, 0.25) is 0 Å². The summed E-state index contributed by atoms with van der Waals surface area (Å²) in [6, 6.07) is 11.5. The van der Waals surface area contributed by atoms with Gasteiger partial charge in [-0.3, -0.25) is 5.32 Å². The van der Waals surface area contributed by atoms with Crippen molar-refractivity contribution in [2.24, 2.45) is 0 Å². The first-order valence-electron chi connectivity index (χ1n) is 8.09. The quantitative estimate of drug-likeness (QED) is 0.812. The number of rotatable bonds is 2. The van der Waals surface area contributed by atoms with Crippen LogP contribution in [0.4, 0.5) is 14.9 Å². The molecule has 2 aromatic carbocycles. The van der Waals surface area contributed by atoms with Crippen LogP contribution in [0.5, 0.6) is 0 Å². The first-order valence-corrected chi connectivity index (χ1v) is 8.47. The van der Waals surface area contributed by atoms with Crippen molar-refractivity contribution in [3.05, 3.63) is 53.3 Å². The number of hydrogen-bond acceptors (Lipinski definition) is 3. The average Bonchev–Trinajstić information content (AvgIpc) is 3.09. The van der Waals surface area contributed by atoms with Crippen LogP contribution >= 0.6 is 11.6 Å². The molecule has 6 heteroatoms. The van der Waals surface area contributed by atoms with Crippen molar-refractivity contribution in [3.63, 3.8) is 0 Å². The van der Waals surface area contributed by atoms with Crippen LogP contribution in [0.2, 0.25) is 5.02 Å². The molecule has 1 amide bonds. The third kappa shape index (κ3) is 5.73. The second kappa shape index (κ2) is 9.39. The SMILES string of the molecule is CN1CCCC1.COC(=O)Nc1ccccc1-c1ccc(F)c(Cl)c1. The third-order valence-corrected chi connectivity index (χ3v) is 4.20. The molecule has 0 spiro atoms. The number of carbonyl (C=O) groups excluding carboxylic acids is 1. The lowest BCUT2D eigenvalue weighted by Gasteiger charge is -2.10. The summed E-state index contributed by atoms with van der Waals surface area (Å²) in [6.07, 6.45) is 2.26. The lowest BCUT2D eigenvalue weighted by Crippen LogP contribution is -2.11. The van der Waals surface area contributed by atoms with Gasteiger partial charge in [0.1, 0.15) is 5.82 Å². The number of nitrogens with zero attached hydrogens (tertiary/aromatic N) is 1. The molecule has 25 heavy (non-hydrogen) atoms. The van der Waals surface area contributed by atoms with Crippen LogP contribution in [0.3, 0.4) is 0 Å². The number of halogens is 2. The topological polar surface area (TPSA) is 41.6 Å². The number of hydrogen-bond donors (Lipinski definition) is 1. The van der Waals surface area contributed by atoms with Gasteiger partial charge in [-0.15, -0.1) is 0 Å². The fraction of sp³-hybridized carbons (Fsp3) is 0.316. The maximum absolute atomic E-state index is 13.2. The van der Waals surface area contributed by atoms with Crippen molar-refractivity contribution in [1.82, 2.24) is 4.90 Å². The zero-order chi connectivity index (χ0) is 18.2. The first-order chi connectivity index (χ1) is 12.0. The Hall–Kier alpha value is -2.11. The molecule has 134 valence electrons. The zero-order valence-corrected chi connectivity index (χ0v) is 15.1. The van der Waals surface area contributed by atoms with Gasteiger partial charge in [-0.2, -0.15) is 0 Å². The summed E-state index contributed by atoms with van der Waals surface area (Å²) in [5, 5.41) is 2.63. The van der Waals surface area contributed by atoms with E-state index in [2.05, 4.69) is 22.0 Å². The lowest BCUT2D eigenvalue weighted by atomic mass is 10.0. The van der Waals surface area contributed by atoms with Crippen molar-refractivity contribution >= 4 is 23.4 Å². The van der Waals surface area contributed by atoms with Crippen LogP contribution in [-0.4, -0.2) is 38.2 Å². The number of benzene rings is 2. The largest absolute Gasteiger partial charge is 0.453 e. The number of methoxy groups -OCH3 is 1. The summed E-state index contributed by atoms with van der Waals surface area (Å²) in [4.78, 5) is 13.6. The van der Waals surface area contributed by atoms with Crippen molar-refractivity contribution in [2.45, 2.75) is 12.8 Å². The minimum atomic E-state index is -0.569. The summed E-state index contributed by atoms with van der Waals surface area (Å²) in [5.41, 5.74) is 2.00. The molecule has 4 nitrogen and oxygen atoms in total. The molecular formula is C19H22ClFN2O2. The van der Waals surface area contributed by atoms with E-state index < -0.39 is 11.9 Å². The van der Waals surface area contributed by atoms with Crippen LogP contribution in [0, 0.1) is 5.82 Å². The normalized spacial score (nSPS) is 13.8. The molecule has 0 saturated carbocycles. The predicted octanol–water partition coefficient (Wildman–Crippen LogP) is 5.04. The number of anilines is 1. The van der Waals surface area contributed by atoms with E-state index in [1.807, 2.05) is 6.07 Å². The highest BCUT2D eigenvalue weighted by atomic mass is 35.5. The predicted molar refractivity (Wildman–Crippen MR) is 99.6 cm³/mol. The summed E-state index contributed by atoms with van der Waals surface area (Å²) in [5.74, 6) is -0.483. The number of likely N-dealkylation sites (tertiary alicyclic amines) is 1. The van der Waals surface area contributed by atoms with Crippen molar-refractivity contribution in [3.8, 4) is 11.1 Å². The van der Waals surface area contributed by atoms with Crippen LogP contribution in [0.1, 0.15) is 12.8 Å². The Labute approximate surface area is 152 Å². The van der Waals surface area contributed by atoms with Gasteiger partial charge < -0.3 is 9.64 Å². The van der Waals surface area contributed by atoms with E-state index in [4.69, 9.17) is 11.6 Å². The number of carbonyl (C=O) groups is 1. The molecule has 1 N–H and O–H groups in total. The third-order valence-electron chi connectivity index (χ3n) is 3.91. The smallest absolute Gasteiger partial charge is 0.411 e. The molecule has 0 aliphatic carbocycles. The van der Waals surface area contributed by atoms with E-state index in [0.717, 1.165) is 5.56 Å². The van der Waals surface area contributed by atoms with Crippen LogP contribution in [0.25, 0.3) is 11.1 Å². The van der Waals surface area contributed by atoms with E-state index in [9.17, 15) is 9.18 Å². The molecule has 1 aliphatic heterocycles. The molecule has 1 saturated heterocycles. The van der Waals surface area contributed by atoms with Gasteiger partial charge in [0.25, 0.3) is 0 Å². The fourth-order valence-electron chi connectivity index (χ4n) is 2.54. The Morgan fingerprint density at radius 1 is 1.20 bits per heavy atom. The van der Waals surface area contributed by atoms with E-state index in [1.54, 1.807) is 24.3 Å². The Kier molecular flexibility index (Phi) is 7.22. The van der Waals surface area contributed by atoms with Gasteiger partial charge in [-0.25, -0.2) is 9.18 Å². The van der Waals surface area contributed by atoms with Gasteiger partial charge in [0.05, 0.1) is 17.8 Å². The van der Waals surface area contributed by atoms with Gasteiger partial charge in [0.15, 0.2) is 0 Å². The van der Waals surface area contributed by atoms with Crippen molar-refractivity contribution < 1.29 is 13.9 Å². The highest BCUT2D eigenvalue weighted by Gasteiger charge is 2.09. The summed E-state index contributed by atoms with van der Waals surface area (Å²) in [6.45, 7) is 2.64. The van der Waals surface area contributed by atoms with E-state index in [0.29, 0.717) is 11.3 Å². The zero-order valence-electron chi connectivity index (χ0n) is 14.4. The number of ether oxygens (including phenoxy) is 1. The maximum Gasteiger partial charge on any atom is 0.411 e. The standard InChI is InChI=1S/C14H11ClFNO2.C5H11N/c1-19-14(18)17-13-5-3-2-4-10(13)9-6-7-12(16)11(15)8-9;1-6-4-2-3-5-6/h2-8H,1H3,(H,17,18);2-5H2,1H3. The second-order valence-corrected chi connectivity index (χ2v) is 6.21. The molecule has 0 aromatic heterocycles. The van der Waals surface area contributed by atoms with Gasteiger partial charge in [0, 0.05) is 5.56 Å². The number of nitrogens with one attached hydrogen (secondary N) is 1. The van der Waals surface area contributed by atoms with E-state index >= 15 is 0 Å².